The molecule has 0 fully saturated rings. The lowest BCUT2D eigenvalue weighted by Crippen LogP contribution is -2.11. The van der Waals surface area contributed by atoms with Gasteiger partial charge in [0.1, 0.15) is 22.8 Å². The molecule has 0 bridgehead atoms. The third-order valence-corrected chi connectivity index (χ3v) is 3.19. The van der Waals surface area contributed by atoms with E-state index in [0.29, 0.717) is 23.6 Å². The third kappa shape index (κ3) is 3.63. The van der Waals surface area contributed by atoms with Crippen molar-refractivity contribution in [2.24, 2.45) is 0 Å². The van der Waals surface area contributed by atoms with Crippen molar-refractivity contribution < 1.29 is 28.6 Å². The van der Waals surface area contributed by atoms with E-state index in [1.54, 1.807) is 25.1 Å². The molecule has 1 amide bonds. The normalized spacial score (nSPS) is 10.2. The van der Waals surface area contributed by atoms with Gasteiger partial charge >= 0.3 is 5.97 Å². The fourth-order valence-corrected chi connectivity index (χ4v) is 2.06. The van der Waals surface area contributed by atoms with E-state index in [1.807, 2.05) is 0 Å². The number of aromatic carboxylic acids is 1. The molecule has 0 saturated heterocycles. The molecule has 0 aliphatic heterocycles. The lowest BCUT2D eigenvalue weighted by molar-refractivity contribution is 0.0694. The second-order valence-corrected chi connectivity index (χ2v) is 4.66. The van der Waals surface area contributed by atoms with Gasteiger partial charge in [-0.15, -0.1) is 0 Å². The minimum Gasteiger partial charge on any atom is -0.497 e. The van der Waals surface area contributed by atoms with E-state index in [0.717, 1.165) is 0 Å². The third-order valence-electron chi connectivity index (χ3n) is 3.19. The van der Waals surface area contributed by atoms with Gasteiger partial charge in [0.2, 0.25) is 0 Å². The van der Waals surface area contributed by atoms with Gasteiger partial charge in [-0.2, -0.15) is 0 Å². The van der Waals surface area contributed by atoms with Crippen LogP contribution in [0.15, 0.2) is 28.7 Å². The van der Waals surface area contributed by atoms with Crippen LogP contribution in [0, 0.1) is 0 Å². The molecular formula is C16H17NO6. The van der Waals surface area contributed by atoms with Crippen molar-refractivity contribution in [1.29, 1.82) is 0 Å². The lowest BCUT2D eigenvalue weighted by atomic mass is 10.2. The zero-order chi connectivity index (χ0) is 17.0. The Hall–Kier alpha value is -2.96. The van der Waals surface area contributed by atoms with E-state index in [1.165, 1.54) is 20.3 Å². The number of anilines is 1. The highest BCUT2D eigenvalue weighted by Crippen LogP contribution is 2.26. The fourth-order valence-electron chi connectivity index (χ4n) is 2.06. The van der Waals surface area contributed by atoms with Crippen LogP contribution in [-0.4, -0.2) is 31.2 Å². The maximum absolute atomic E-state index is 12.2. The Labute approximate surface area is 132 Å². The first kappa shape index (κ1) is 16.4. The first-order chi connectivity index (χ1) is 11.0. The molecule has 122 valence electrons. The number of nitrogens with one attached hydrogen (secondary N) is 1. The highest BCUT2D eigenvalue weighted by atomic mass is 16.5. The largest absolute Gasteiger partial charge is 0.497 e. The molecule has 1 heterocycles. The number of methoxy groups -OCH3 is 2. The topological polar surface area (TPSA) is 98.0 Å². The summed E-state index contributed by atoms with van der Waals surface area (Å²) in [5, 5.41) is 11.7. The summed E-state index contributed by atoms with van der Waals surface area (Å²) in [4.78, 5) is 23.4. The maximum Gasteiger partial charge on any atom is 0.339 e. The quantitative estimate of drug-likeness (QED) is 0.849. The molecule has 0 aliphatic carbocycles. The van der Waals surface area contributed by atoms with E-state index >= 15 is 0 Å². The first-order valence-corrected chi connectivity index (χ1v) is 6.88. The molecule has 7 heteroatoms. The van der Waals surface area contributed by atoms with Crippen molar-refractivity contribution in [3.05, 3.63) is 41.3 Å². The van der Waals surface area contributed by atoms with E-state index in [4.69, 9.17) is 19.0 Å². The van der Waals surface area contributed by atoms with Gasteiger partial charge in [-0.1, -0.05) is 6.92 Å². The molecule has 0 unspecified atom stereocenters. The monoisotopic (exact) mass is 319 g/mol. The molecular weight excluding hydrogens is 302 g/mol. The maximum atomic E-state index is 12.2. The zero-order valence-corrected chi connectivity index (χ0v) is 13.0. The number of ether oxygens (including phenoxy) is 2. The Bertz CT molecular complexity index is 712. The van der Waals surface area contributed by atoms with Crippen LogP contribution in [0.25, 0.3) is 0 Å². The van der Waals surface area contributed by atoms with Crippen LogP contribution in [0.2, 0.25) is 0 Å². The van der Waals surface area contributed by atoms with Crippen LogP contribution in [0.4, 0.5) is 5.69 Å². The van der Waals surface area contributed by atoms with Crippen molar-refractivity contribution in [2.45, 2.75) is 13.3 Å². The molecule has 2 rings (SSSR count). The number of carbonyl (C=O) groups excluding carboxylic acids is 1. The van der Waals surface area contributed by atoms with E-state index < -0.39 is 11.9 Å². The van der Waals surface area contributed by atoms with Gasteiger partial charge in [0, 0.05) is 36.4 Å². The molecule has 7 nitrogen and oxygen atoms in total. The van der Waals surface area contributed by atoms with Gasteiger partial charge in [-0.25, -0.2) is 4.79 Å². The first-order valence-electron chi connectivity index (χ1n) is 6.88. The average Bonchev–Trinajstić information content (AvgIpc) is 2.99. The summed E-state index contributed by atoms with van der Waals surface area (Å²) < 4.78 is 15.6. The molecule has 0 spiro atoms. The second-order valence-electron chi connectivity index (χ2n) is 4.66. The van der Waals surface area contributed by atoms with Gasteiger partial charge < -0.3 is 24.3 Å². The number of hydrogen-bond acceptors (Lipinski definition) is 5. The molecule has 1 aromatic carbocycles. The van der Waals surface area contributed by atoms with Crippen LogP contribution in [-0.2, 0) is 6.42 Å². The molecule has 23 heavy (non-hydrogen) atoms. The van der Waals surface area contributed by atoms with Gasteiger partial charge in [-0.05, 0) is 0 Å². The SMILES string of the molecule is CCc1oc(C(=O)Nc2cc(OC)cc(OC)c2)cc1C(=O)O. The summed E-state index contributed by atoms with van der Waals surface area (Å²) in [7, 11) is 3.00. The number of aryl methyl sites for hydroxylation is 1. The van der Waals surface area contributed by atoms with Crippen molar-refractivity contribution in [3.8, 4) is 11.5 Å². The number of furan rings is 1. The van der Waals surface area contributed by atoms with Crippen LogP contribution in [0.3, 0.4) is 0 Å². The van der Waals surface area contributed by atoms with Crippen LogP contribution < -0.4 is 14.8 Å². The molecule has 0 aliphatic rings. The summed E-state index contributed by atoms with van der Waals surface area (Å²) in [6.07, 6.45) is 0.377. The highest BCUT2D eigenvalue weighted by molar-refractivity contribution is 6.04. The minimum atomic E-state index is -1.13. The van der Waals surface area contributed by atoms with Gasteiger partial charge in [0.05, 0.1) is 14.2 Å². The number of carbonyl (C=O) groups is 2. The van der Waals surface area contributed by atoms with Crippen molar-refractivity contribution >= 4 is 17.6 Å². The fraction of sp³-hybridized carbons (Fsp3) is 0.250. The van der Waals surface area contributed by atoms with Crippen LogP contribution in [0.5, 0.6) is 11.5 Å². The van der Waals surface area contributed by atoms with Gasteiger partial charge in [-0.3, -0.25) is 4.79 Å². The zero-order valence-electron chi connectivity index (χ0n) is 13.0. The number of carboxylic acids is 1. The number of hydrogen-bond donors (Lipinski definition) is 2. The standard InChI is InChI=1S/C16H17NO6/c1-4-13-12(16(19)20)8-14(23-13)15(18)17-9-5-10(21-2)7-11(6-9)22-3/h5-8H,4H2,1-3H3,(H,17,18)(H,19,20). The van der Waals surface area contributed by atoms with Crippen molar-refractivity contribution in [1.82, 2.24) is 0 Å². The second kappa shape index (κ2) is 6.87. The van der Waals surface area contributed by atoms with E-state index in [9.17, 15) is 9.59 Å². The van der Waals surface area contributed by atoms with Crippen LogP contribution in [0.1, 0.15) is 33.6 Å². The summed E-state index contributed by atoms with van der Waals surface area (Å²) >= 11 is 0. The Morgan fingerprint density at radius 2 is 1.74 bits per heavy atom. The minimum absolute atomic E-state index is 0.0131. The molecule has 1 aromatic heterocycles. The Kier molecular flexibility index (Phi) is 4.90. The highest BCUT2D eigenvalue weighted by Gasteiger charge is 2.20. The predicted molar refractivity (Wildman–Crippen MR) is 82.5 cm³/mol. The molecule has 0 radical (unpaired) electrons. The number of carboxylic acid groups (broad SMARTS) is 1. The lowest BCUT2D eigenvalue weighted by Gasteiger charge is -2.09. The summed E-state index contributed by atoms with van der Waals surface area (Å²) in [5.74, 6) is -0.471. The van der Waals surface area contributed by atoms with Crippen molar-refractivity contribution in [2.75, 3.05) is 19.5 Å². The number of amides is 1. The Morgan fingerprint density at radius 1 is 1.13 bits per heavy atom. The molecule has 0 saturated carbocycles. The van der Waals surface area contributed by atoms with Gasteiger partial charge in [0.15, 0.2) is 5.76 Å². The summed E-state index contributed by atoms with van der Waals surface area (Å²) in [5.41, 5.74) is 0.429. The molecule has 2 aromatic rings. The molecule has 2 N–H and O–H groups in total. The number of rotatable bonds is 6. The van der Waals surface area contributed by atoms with Gasteiger partial charge in [0.25, 0.3) is 5.91 Å². The smallest absolute Gasteiger partial charge is 0.339 e. The van der Waals surface area contributed by atoms with E-state index in [2.05, 4.69) is 5.32 Å². The Morgan fingerprint density at radius 3 is 2.17 bits per heavy atom. The van der Waals surface area contributed by atoms with Crippen molar-refractivity contribution in [3.63, 3.8) is 0 Å². The van der Waals surface area contributed by atoms with Crippen LogP contribution >= 0.6 is 0 Å². The number of benzene rings is 1. The summed E-state index contributed by atoms with van der Waals surface area (Å²) in [6.45, 7) is 1.75. The molecule has 0 atom stereocenters. The van der Waals surface area contributed by atoms with E-state index in [-0.39, 0.29) is 17.1 Å². The Balaban J connectivity index is 2.27. The predicted octanol–water partition coefficient (Wildman–Crippen LogP) is 2.81. The summed E-state index contributed by atoms with van der Waals surface area (Å²) in [6, 6.07) is 6.11. The average molecular weight is 319 g/mol.